The van der Waals surface area contributed by atoms with Gasteiger partial charge in [0, 0.05) is 46.5 Å². The molecule has 4 nitrogen and oxygen atoms in total. The molecule has 124 valence electrons. The Kier molecular flexibility index (Phi) is 4.88. The van der Waals surface area contributed by atoms with E-state index < -0.39 is 11.9 Å². The summed E-state index contributed by atoms with van der Waals surface area (Å²) in [4.78, 5) is 10.7. The highest BCUT2D eigenvalue weighted by Gasteiger charge is 2.33. The van der Waals surface area contributed by atoms with E-state index in [0.717, 1.165) is 42.9 Å². The highest BCUT2D eigenvalue weighted by molar-refractivity contribution is 9.10. The second-order valence-corrected chi connectivity index (χ2v) is 7.29. The van der Waals surface area contributed by atoms with Gasteiger partial charge in [-0.1, -0.05) is 0 Å². The number of hydrogen-bond donors (Lipinski definition) is 1. The van der Waals surface area contributed by atoms with Crippen LogP contribution in [0.5, 0.6) is 0 Å². The third-order valence-corrected chi connectivity index (χ3v) is 5.27. The van der Waals surface area contributed by atoms with Crippen molar-refractivity contribution in [2.45, 2.75) is 25.2 Å². The van der Waals surface area contributed by atoms with Gasteiger partial charge in [0.25, 0.3) is 0 Å². The number of alkyl halides is 3. The van der Waals surface area contributed by atoms with Gasteiger partial charge in [-0.15, -0.1) is 11.3 Å². The van der Waals surface area contributed by atoms with Crippen LogP contribution in [0.2, 0.25) is 0 Å². The molecule has 0 aromatic carbocycles. The minimum absolute atomic E-state index is 0.0920. The zero-order valence-electron chi connectivity index (χ0n) is 12.0. The van der Waals surface area contributed by atoms with Crippen molar-refractivity contribution in [1.82, 2.24) is 14.9 Å². The van der Waals surface area contributed by atoms with Gasteiger partial charge >= 0.3 is 6.18 Å². The highest BCUT2D eigenvalue weighted by Crippen LogP contribution is 2.29. The number of likely N-dealkylation sites (tertiary alicyclic amines) is 1. The second kappa shape index (κ2) is 6.74. The van der Waals surface area contributed by atoms with E-state index in [2.05, 4.69) is 42.2 Å². The molecule has 1 fully saturated rings. The first-order chi connectivity index (χ1) is 10.9. The maximum atomic E-state index is 12.7. The van der Waals surface area contributed by atoms with Crippen LogP contribution in [0.15, 0.2) is 28.3 Å². The average Bonchev–Trinajstić information content (AvgIpc) is 3.08. The van der Waals surface area contributed by atoms with E-state index in [1.54, 1.807) is 11.3 Å². The number of aromatic nitrogens is 2. The summed E-state index contributed by atoms with van der Waals surface area (Å²) >= 11 is 5.13. The lowest BCUT2D eigenvalue weighted by atomic mass is 10.2. The lowest BCUT2D eigenvalue weighted by Gasteiger charge is -2.16. The van der Waals surface area contributed by atoms with Crippen molar-refractivity contribution in [2.24, 2.45) is 0 Å². The maximum absolute atomic E-state index is 12.7. The Morgan fingerprint density at radius 2 is 2.17 bits per heavy atom. The lowest BCUT2D eigenvalue weighted by molar-refractivity contribution is -0.141. The van der Waals surface area contributed by atoms with Crippen LogP contribution in [0.25, 0.3) is 0 Å². The predicted octanol–water partition coefficient (Wildman–Crippen LogP) is 4.01. The molecule has 0 amide bonds. The molecule has 3 heterocycles. The smallest absolute Gasteiger partial charge is 0.366 e. The van der Waals surface area contributed by atoms with Crippen LogP contribution >= 0.6 is 27.3 Å². The number of thiophene rings is 1. The zero-order valence-corrected chi connectivity index (χ0v) is 14.4. The summed E-state index contributed by atoms with van der Waals surface area (Å²) in [5, 5.41) is 5.12. The molecule has 0 radical (unpaired) electrons. The second-order valence-electron chi connectivity index (χ2n) is 5.38. The van der Waals surface area contributed by atoms with Crippen LogP contribution in [0.3, 0.4) is 0 Å². The summed E-state index contributed by atoms with van der Waals surface area (Å²) in [5.41, 5.74) is -0.923. The molecule has 2 aromatic heterocycles. The molecule has 9 heteroatoms. The molecule has 0 aliphatic carbocycles. The largest absolute Gasteiger partial charge is 0.433 e. The lowest BCUT2D eigenvalue weighted by Crippen LogP contribution is -2.26. The molecule has 0 bridgehead atoms. The van der Waals surface area contributed by atoms with Gasteiger partial charge in [-0.05, 0) is 28.4 Å². The quantitative estimate of drug-likeness (QED) is 0.832. The molecule has 1 atom stereocenters. The first-order valence-electron chi connectivity index (χ1n) is 7.01. The number of nitrogens with zero attached hydrogens (tertiary/aromatic N) is 3. The van der Waals surface area contributed by atoms with Gasteiger partial charge in [-0.25, -0.2) is 9.97 Å². The molecule has 1 N–H and O–H groups in total. The average molecular weight is 407 g/mol. The van der Waals surface area contributed by atoms with Crippen molar-refractivity contribution in [3.05, 3.63) is 38.9 Å². The van der Waals surface area contributed by atoms with Gasteiger partial charge < -0.3 is 5.32 Å². The fourth-order valence-electron chi connectivity index (χ4n) is 2.55. The molecular weight excluding hydrogens is 393 g/mol. The van der Waals surface area contributed by atoms with Gasteiger partial charge in [0.05, 0.1) is 0 Å². The van der Waals surface area contributed by atoms with Crippen molar-refractivity contribution >= 4 is 33.1 Å². The van der Waals surface area contributed by atoms with E-state index in [1.807, 2.05) is 5.38 Å². The summed E-state index contributed by atoms with van der Waals surface area (Å²) in [6, 6.07) is 3.14. The molecule has 0 saturated carbocycles. The monoisotopic (exact) mass is 406 g/mol. The standard InChI is InChI=1S/C14H14BrF3N4S/c15-9-3-11(23-7-9)6-22-2-1-10(5-22)21-13-4-12(14(16,17)18)19-8-20-13/h3-4,7-8,10H,1-2,5-6H2,(H,19,20,21). The fourth-order valence-corrected chi connectivity index (χ4v) is 4.04. The van der Waals surface area contributed by atoms with Crippen LogP contribution in [0.4, 0.5) is 19.0 Å². The molecule has 1 aliphatic rings. The van der Waals surface area contributed by atoms with Crippen molar-refractivity contribution in [3.8, 4) is 0 Å². The molecule has 3 rings (SSSR count). The van der Waals surface area contributed by atoms with Crippen LogP contribution in [0.1, 0.15) is 17.0 Å². The fraction of sp³-hybridized carbons (Fsp3) is 0.429. The van der Waals surface area contributed by atoms with E-state index >= 15 is 0 Å². The Morgan fingerprint density at radius 3 is 2.87 bits per heavy atom. The van der Waals surface area contributed by atoms with Crippen LogP contribution in [0, 0.1) is 0 Å². The molecule has 1 aliphatic heterocycles. The Morgan fingerprint density at radius 1 is 1.35 bits per heavy atom. The minimum atomic E-state index is -4.45. The SMILES string of the molecule is FC(F)(F)c1cc(NC2CCN(Cc3cc(Br)cs3)C2)ncn1. The van der Waals surface area contributed by atoms with E-state index in [9.17, 15) is 13.2 Å². The van der Waals surface area contributed by atoms with Crippen LogP contribution < -0.4 is 5.32 Å². The van der Waals surface area contributed by atoms with Gasteiger partial charge in [-0.3, -0.25) is 4.90 Å². The normalized spacial score (nSPS) is 19.2. The Labute approximate surface area is 143 Å². The van der Waals surface area contributed by atoms with Gasteiger partial charge in [0.15, 0.2) is 0 Å². The highest BCUT2D eigenvalue weighted by atomic mass is 79.9. The third kappa shape index (κ3) is 4.42. The van der Waals surface area contributed by atoms with Gasteiger partial charge in [0.2, 0.25) is 0 Å². The van der Waals surface area contributed by atoms with Crippen molar-refractivity contribution in [1.29, 1.82) is 0 Å². The maximum Gasteiger partial charge on any atom is 0.433 e. The summed E-state index contributed by atoms with van der Waals surface area (Å²) in [7, 11) is 0. The molecule has 1 unspecified atom stereocenters. The first-order valence-corrected chi connectivity index (χ1v) is 8.68. The van der Waals surface area contributed by atoms with E-state index in [-0.39, 0.29) is 11.9 Å². The number of anilines is 1. The van der Waals surface area contributed by atoms with Crippen molar-refractivity contribution < 1.29 is 13.2 Å². The molecule has 0 spiro atoms. The topological polar surface area (TPSA) is 41.0 Å². The predicted molar refractivity (Wildman–Crippen MR) is 86.4 cm³/mol. The molecule has 1 saturated heterocycles. The Bertz CT molecular complexity index is 676. The van der Waals surface area contributed by atoms with Crippen molar-refractivity contribution in [2.75, 3.05) is 18.4 Å². The summed E-state index contributed by atoms with van der Waals surface area (Å²) in [6.07, 6.45) is -2.63. The van der Waals surface area contributed by atoms with Crippen LogP contribution in [-0.4, -0.2) is 34.0 Å². The van der Waals surface area contributed by atoms with E-state index in [4.69, 9.17) is 0 Å². The number of hydrogen-bond acceptors (Lipinski definition) is 5. The van der Waals surface area contributed by atoms with Gasteiger partial charge in [0.1, 0.15) is 17.8 Å². The molecule has 2 aromatic rings. The van der Waals surface area contributed by atoms with Gasteiger partial charge in [-0.2, -0.15) is 13.2 Å². The van der Waals surface area contributed by atoms with Crippen LogP contribution in [-0.2, 0) is 12.7 Å². The first kappa shape index (κ1) is 16.7. The number of halogens is 4. The molecular formula is C14H14BrF3N4S. The Balaban J connectivity index is 1.57. The van der Waals surface area contributed by atoms with E-state index in [1.165, 1.54) is 4.88 Å². The zero-order chi connectivity index (χ0) is 16.4. The third-order valence-electron chi connectivity index (χ3n) is 3.58. The minimum Gasteiger partial charge on any atom is -0.366 e. The molecule has 23 heavy (non-hydrogen) atoms. The Hall–Kier alpha value is -1.19. The van der Waals surface area contributed by atoms with E-state index in [0.29, 0.717) is 0 Å². The summed E-state index contributed by atoms with van der Waals surface area (Å²) in [6.45, 7) is 2.54. The summed E-state index contributed by atoms with van der Waals surface area (Å²) in [5.74, 6) is 0.220. The summed E-state index contributed by atoms with van der Waals surface area (Å²) < 4.78 is 39.1. The number of rotatable bonds is 4. The van der Waals surface area contributed by atoms with Crippen molar-refractivity contribution in [3.63, 3.8) is 0 Å². The number of nitrogens with one attached hydrogen (secondary N) is 1.